The van der Waals surface area contributed by atoms with Gasteiger partial charge in [0, 0.05) is 0 Å². The van der Waals surface area contributed by atoms with Gasteiger partial charge in [0.2, 0.25) is 0 Å². The molecule has 0 amide bonds. The molecule has 6 heteroatoms. The summed E-state index contributed by atoms with van der Waals surface area (Å²) >= 11 is 1.54. The van der Waals surface area contributed by atoms with Crippen LogP contribution in [0.25, 0.3) is 10.2 Å². The van der Waals surface area contributed by atoms with Crippen molar-refractivity contribution >= 4 is 27.5 Å². The average Bonchev–Trinajstić information content (AvgIpc) is 3.08. The number of fused-ring (bicyclic) bond motifs is 1. The van der Waals surface area contributed by atoms with Gasteiger partial charge in [0.25, 0.3) is 5.19 Å². The van der Waals surface area contributed by atoms with E-state index in [9.17, 15) is 4.79 Å². The maximum atomic E-state index is 11.0. The van der Waals surface area contributed by atoms with Crippen LogP contribution in [0.4, 0.5) is 0 Å². The van der Waals surface area contributed by atoms with Gasteiger partial charge in [-0.25, -0.2) is 4.98 Å². The third-order valence-electron chi connectivity index (χ3n) is 4.50. The molecule has 0 fully saturated rings. The van der Waals surface area contributed by atoms with Gasteiger partial charge in [0.15, 0.2) is 0 Å². The number of nitrogens with zero attached hydrogens (tertiary/aromatic N) is 1. The van der Waals surface area contributed by atoms with E-state index in [0.717, 1.165) is 35.5 Å². The highest BCUT2D eigenvalue weighted by atomic mass is 32.1. The number of hydrogen-bond acceptors (Lipinski definition) is 5. The first-order valence-corrected chi connectivity index (χ1v) is 10.0. The molecule has 1 unspecified atom stereocenters. The van der Waals surface area contributed by atoms with Crippen molar-refractivity contribution in [2.45, 2.75) is 26.2 Å². The monoisotopic (exact) mass is 384 g/mol. The molecule has 2 aromatic carbocycles. The fourth-order valence-electron chi connectivity index (χ4n) is 2.86. The lowest BCUT2D eigenvalue weighted by atomic mass is 10.0. The number of thiazole rings is 1. The van der Waals surface area contributed by atoms with Crippen LogP contribution in [0.2, 0.25) is 0 Å². The van der Waals surface area contributed by atoms with Crippen molar-refractivity contribution in [3.8, 4) is 10.9 Å². The summed E-state index contributed by atoms with van der Waals surface area (Å²) in [4.78, 5) is 15.5. The van der Waals surface area contributed by atoms with Crippen LogP contribution in [0.3, 0.4) is 0 Å². The summed E-state index contributed by atoms with van der Waals surface area (Å²) in [6, 6.07) is 16.0. The van der Waals surface area contributed by atoms with Crippen LogP contribution in [-0.4, -0.2) is 29.1 Å². The maximum Gasteiger partial charge on any atom is 0.306 e. The van der Waals surface area contributed by atoms with Crippen molar-refractivity contribution in [1.29, 1.82) is 0 Å². The second-order valence-corrected chi connectivity index (χ2v) is 7.42. The van der Waals surface area contributed by atoms with E-state index >= 15 is 0 Å². The number of benzene rings is 2. The number of carboxylic acid groups (broad SMARTS) is 1. The molecule has 0 aliphatic rings. The molecule has 0 radical (unpaired) electrons. The summed E-state index contributed by atoms with van der Waals surface area (Å²) < 4.78 is 6.97. The van der Waals surface area contributed by atoms with Crippen molar-refractivity contribution in [3.63, 3.8) is 0 Å². The van der Waals surface area contributed by atoms with Crippen molar-refractivity contribution in [2.24, 2.45) is 5.92 Å². The quantitative estimate of drug-likeness (QED) is 0.495. The van der Waals surface area contributed by atoms with E-state index in [0.29, 0.717) is 18.0 Å². The number of aliphatic carboxylic acids is 1. The first kappa shape index (κ1) is 19.3. The molecule has 0 bridgehead atoms. The van der Waals surface area contributed by atoms with Gasteiger partial charge in [-0.05, 0) is 62.2 Å². The second-order valence-electron chi connectivity index (χ2n) is 6.43. The van der Waals surface area contributed by atoms with Gasteiger partial charge in [0.05, 0.1) is 16.1 Å². The lowest BCUT2D eigenvalue weighted by Crippen LogP contribution is -2.23. The molecular formula is C21H24N2O3S. The summed E-state index contributed by atoms with van der Waals surface area (Å²) in [7, 11) is 0. The van der Waals surface area contributed by atoms with Gasteiger partial charge in [-0.1, -0.05) is 42.5 Å². The zero-order valence-corrected chi connectivity index (χ0v) is 16.2. The zero-order chi connectivity index (χ0) is 19.1. The molecular weight excluding hydrogens is 360 g/mol. The smallest absolute Gasteiger partial charge is 0.306 e. The Labute approximate surface area is 163 Å². The lowest BCUT2D eigenvalue weighted by Gasteiger charge is -2.10. The Morgan fingerprint density at radius 2 is 1.96 bits per heavy atom. The number of hydrogen-bond donors (Lipinski definition) is 2. The van der Waals surface area contributed by atoms with Crippen molar-refractivity contribution in [2.75, 3.05) is 13.1 Å². The number of nitrogens with one attached hydrogen (secondary N) is 1. The Morgan fingerprint density at radius 1 is 1.19 bits per heavy atom. The Morgan fingerprint density at radius 3 is 2.67 bits per heavy atom. The number of rotatable bonds is 10. The Bertz CT molecular complexity index is 844. The minimum absolute atomic E-state index is 0.253. The maximum absolute atomic E-state index is 11.0. The Balaban J connectivity index is 1.44. The van der Waals surface area contributed by atoms with Gasteiger partial charge >= 0.3 is 5.97 Å². The highest BCUT2D eigenvalue weighted by Gasteiger charge is 2.13. The molecule has 3 aromatic rings. The summed E-state index contributed by atoms with van der Waals surface area (Å²) in [6.45, 7) is 3.47. The molecule has 142 valence electrons. The van der Waals surface area contributed by atoms with Crippen LogP contribution in [0.1, 0.15) is 25.3 Å². The SMILES string of the molecule is CCC(CCNCCc1ccc(Oc2nc3ccccc3s2)cc1)C(=O)O. The highest BCUT2D eigenvalue weighted by molar-refractivity contribution is 7.20. The van der Waals surface area contributed by atoms with Gasteiger partial charge < -0.3 is 15.2 Å². The minimum Gasteiger partial charge on any atom is -0.481 e. The topological polar surface area (TPSA) is 71.5 Å². The van der Waals surface area contributed by atoms with Crippen LogP contribution in [0, 0.1) is 5.92 Å². The largest absolute Gasteiger partial charge is 0.481 e. The van der Waals surface area contributed by atoms with Gasteiger partial charge in [-0.2, -0.15) is 0 Å². The fraction of sp³-hybridized carbons (Fsp3) is 0.333. The number of carbonyl (C=O) groups is 1. The molecule has 5 nitrogen and oxygen atoms in total. The molecule has 27 heavy (non-hydrogen) atoms. The standard InChI is InChI=1S/C21H24N2O3S/c1-2-16(20(24)25)12-14-22-13-11-15-7-9-17(10-8-15)26-21-23-18-5-3-4-6-19(18)27-21/h3-10,16,22H,2,11-14H2,1H3,(H,24,25). The fourth-order valence-corrected chi connectivity index (χ4v) is 3.69. The molecule has 0 saturated carbocycles. The summed E-state index contributed by atoms with van der Waals surface area (Å²) in [6.07, 6.45) is 2.24. The van der Waals surface area contributed by atoms with Crippen LogP contribution >= 0.6 is 11.3 Å². The Hall–Kier alpha value is -2.44. The molecule has 2 N–H and O–H groups in total. The number of ether oxygens (including phenoxy) is 1. The zero-order valence-electron chi connectivity index (χ0n) is 15.4. The van der Waals surface area contributed by atoms with Crippen LogP contribution in [0.5, 0.6) is 10.9 Å². The van der Waals surface area contributed by atoms with Gasteiger partial charge in [-0.3, -0.25) is 4.79 Å². The van der Waals surface area contributed by atoms with E-state index in [1.54, 1.807) is 0 Å². The first-order valence-electron chi connectivity index (χ1n) is 9.21. The van der Waals surface area contributed by atoms with Crippen LogP contribution in [-0.2, 0) is 11.2 Å². The van der Waals surface area contributed by atoms with Gasteiger partial charge in [0.1, 0.15) is 5.75 Å². The Kier molecular flexibility index (Phi) is 6.79. The minimum atomic E-state index is -0.706. The molecule has 3 rings (SSSR count). The van der Waals surface area contributed by atoms with E-state index in [4.69, 9.17) is 9.84 Å². The van der Waals surface area contributed by atoms with Crippen LogP contribution in [0.15, 0.2) is 48.5 Å². The molecule has 0 aliphatic heterocycles. The van der Waals surface area contributed by atoms with E-state index in [1.165, 1.54) is 16.9 Å². The van der Waals surface area contributed by atoms with Gasteiger partial charge in [-0.15, -0.1) is 0 Å². The van der Waals surface area contributed by atoms with E-state index in [-0.39, 0.29) is 5.92 Å². The van der Waals surface area contributed by atoms with E-state index in [1.807, 2.05) is 43.3 Å². The summed E-state index contributed by atoms with van der Waals surface area (Å²) in [5.74, 6) is -0.183. The number of aromatic nitrogens is 1. The predicted molar refractivity (Wildman–Crippen MR) is 109 cm³/mol. The molecule has 1 atom stereocenters. The first-order chi connectivity index (χ1) is 13.2. The molecule has 1 heterocycles. The number of para-hydroxylation sites is 1. The number of carboxylic acids is 1. The lowest BCUT2D eigenvalue weighted by molar-refractivity contribution is -0.142. The normalized spacial score (nSPS) is 12.2. The van der Waals surface area contributed by atoms with E-state index < -0.39 is 5.97 Å². The predicted octanol–water partition coefficient (Wildman–Crippen LogP) is 4.72. The van der Waals surface area contributed by atoms with Crippen molar-refractivity contribution in [3.05, 3.63) is 54.1 Å². The third-order valence-corrected chi connectivity index (χ3v) is 5.42. The summed E-state index contributed by atoms with van der Waals surface area (Å²) in [5.41, 5.74) is 2.16. The summed E-state index contributed by atoms with van der Waals surface area (Å²) in [5, 5.41) is 13.0. The average molecular weight is 385 g/mol. The van der Waals surface area contributed by atoms with Crippen LogP contribution < -0.4 is 10.1 Å². The molecule has 0 aliphatic carbocycles. The van der Waals surface area contributed by atoms with Crippen molar-refractivity contribution < 1.29 is 14.6 Å². The second kappa shape index (κ2) is 9.48. The van der Waals surface area contributed by atoms with E-state index in [2.05, 4.69) is 22.4 Å². The highest BCUT2D eigenvalue weighted by Crippen LogP contribution is 2.31. The molecule has 0 spiro atoms. The third kappa shape index (κ3) is 5.52. The van der Waals surface area contributed by atoms with Crippen molar-refractivity contribution in [1.82, 2.24) is 10.3 Å². The molecule has 1 aromatic heterocycles. The molecule has 0 saturated heterocycles.